The number of ether oxygens (including phenoxy) is 1. The molecule has 1 unspecified atom stereocenters. The summed E-state index contributed by atoms with van der Waals surface area (Å²) in [7, 11) is 1.60. The Balaban J connectivity index is 2.08. The molecular formula is C15H20BrNO3. The number of piperidine rings is 1. The molecule has 2 rings (SSSR count). The molecule has 0 saturated carbocycles. The van der Waals surface area contributed by atoms with Gasteiger partial charge in [-0.05, 0) is 59.3 Å². The summed E-state index contributed by atoms with van der Waals surface area (Å²) in [4.78, 5) is 14.4. The van der Waals surface area contributed by atoms with Gasteiger partial charge in [-0.1, -0.05) is 0 Å². The number of halogens is 1. The van der Waals surface area contributed by atoms with Gasteiger partial charge in [0.2, 0.25) is 0 Å². The average molecular weight is 342 g/mol. The van der Waals surface area contributed by atoms with Crippen LogP contribution in [0.15, 0.2) is 22.7 Å². The number of rotatable bonds is 4. The Morgan fingerprint density at radius 1 is 1.55 bits per heavy atom. The molecular weight excluding hydrogens is 322 g/mol. The second-order valence-electron chi connectivity index (χ2n) is 5.12. The highest BCUT2D eigenvalue weighted by Crippen LogP contribution is 2.27. The highest BCUT2D eigenvalue weighted by atomic mass is 79.9. The second-order valence-corrected chi connectivity index (χ2v) is 5.98. The lowest BCUT2D eigenvalue weighted by Gasteiger charge is -2.32. The van der Waals surface area contributed by atoms with E-state index in [4.69, 9.17) is 9.84 Å². The molecule has 4 nitrogen and oxygen atoms in total. The summed E-state index contributed by atoms with van der Waals surface area (Å²) in [6.07, 6.45) is 2.88. The van der Waals surface area contributed by atoms with Crippen molar-refractivity contribution in [3.05, 3.63) is 28.2 Å². The standard InChI is InChI=1S/C15H20BrNO3/c1-20-14-5-4-12(9-13(14)16)15(19)17-7-2-3-11(10-17)6-8-18/h4-5,9,11,18H,2-3,6-8,10H2,1H3. The fourth-order valence-electron chi connectivity index (χ4n) is 2.65. The molecule has 1 saturated heterocycles. The molecule has 1 N–H and O–H groups in total. The zero-order chi connectivity index (χ0) is 14.5. The van der Waals surface area contributed by atoms with Crippen LogP contribution >= 0.6 is 15.9 Å². The van der Waals surface area contributed by atoms with E-state index in [2.05, 4.69) is 15.9 Å². The number of likely N-dealkylation sites (tertiary alicyclic amines) is 1. The maximum absolute atomic E-state index is 12.5. The third kappa shape index (κ3) is 3.52. The van der Waals surface area contributed by atoms with Gasteiger partial charge in [-0.3, -0.25) is 4.79 Å². The van der Waals surface area contributed by atoms with Gasteiger partial charge in [0.25, 0.3) is 5.91 Å². The molecule has 1 aliphatic rings. The lowest BCUT2D eigenvalue weighted by molar-refractivity contribution is 0.0653. The molecule has 0 aromatic heterocycles. The van der Waals surface area contributed by atoms with Crippen LogP contribution in [0, 0.1) is 5.92 Å². The molecule has 0 aliphatic carbocycles. The maximum Gasteiger partial charge on any atom is 0.253 e. The highest BCUT2D eigenvalue weighted by molar-refractivity contribution is 9.10. The van der Waals surface area contributed by atoms with Crippen molar-refractivity contribution in [3.63, 3.8) is 0 Å². The lowest BCUT2D eigenvalue weighted by atomic mass is 9.94. The van der Waals surface area contributed by atoms with Crippen molar-refractivity contribution in [1.82, 2.24) is 4.90 Å². The number of carbonyl (C=O) groups is 1. The van der Waals surface area contributed by atoms with Crippen LogP contribution in [0.2, 0.25) is 0 Å². The number of hydrogen-bond donors (Lipinski definition) is 1. The van der Waals surface area contributed by atoms with Crippen molar-refractivity contribution in [2.75, 3.05) is 26.8 Å². The molecule has 0 radical (unpaired) electrons. The Kier molecular flexibility index (Phi) is 5.43. The van der Waals surface area contributed by atoms with Gasteiger partial charge in [0, 0.05) is 25.3 Å². The van der Waals surface area contributed by atoms with Crippen molar-refractivity contribution >= 4 is 21.8 Å². The molecule has 0 spiro atoms. The van der Waals surface area contributed by atoms with Crippen LogP contribution in [-0.4, -0.2) is 42.7 Å². The van der Waals surface area contributed by atoms with E-state index < -0.39 is 0 Å². The van der Waals surface area contributed by atoms with E-state index in [0.29, 0.717) is 11.5 Å². The summed E-state index contributed by atoms with van der Waals surface area (Å²) in [6.45, 7) is 1.73. The molecule has 1 heterocycles. The SMILES string of the molecule is COc1ccc(C(=O)N2CCCC(CCO)C2)cc1Br. The molecule has 0 bridgehead atoms. The Morgan fingerprint density at radius 3 is 3.00 bits per heavy atom. The van der Waals surface area contributed by atoms with Crippen LogP contribution in [0.25, 0.3) is 0 Å². The zero-order valence-corrected chi connectivity index (χ0v) is 13.2. The summed E-state index contributed by atoms with van der Waals surface area (Å²) in [5, 5.41) is 9.03. The van der Waals surface area contributed by atoms with E-state index in [1.54, 1.807) is 25.3 Å². The van der Waals surface area contributed by atoms with Gasteiger partial charge in [-0.25, -0.2) is 0 Å². The van der Waals surface area contributed by atoms with Crippen LogP contribution in [0.4, 0.5) is 0 Å². The Bertz CT molecular complexity index is 476. The topological polar surface area (TPSA) is 49.8 Å². The number of nitrogens with zero attached hydrogens (tertiary/aromatic N) is 1. The highest BCUT2D eigenvalue weighted by Gasteiger charge is 2.24. The third-order valence-electron chi connectivity index (χ3n) is 3.74. The minimum Gasteiger partial charge on any atom is -0.496 e. The molecule has 1 aromatic rings. The van der Waals surface area contributed by atoms with Crippen LogP contribution in [0.1, 0.15) is 29.6 Å². The van der Waals surface area contributed by atoms with Gasteiger partial charge in [0.15, 0.2) is 0 Å². The van der Waals surface area contributed by atoms with Crippen LogP contribution in [-0.2, 0) is 0 Å². The van der Waals surface area contributed by atoms with Crippen LogP contribution in [0.5, 0.6) is 5.75 Å². The first kappa shape index (κ1) is 15.3. The quantitative estimate of drug-likeness (QED) is 0.915. The summed E-state index contributed by atoms with van der Waals surface area (Å²) in [5.74, 6) is 1.19. The molecule has 1 amide bonds. The minimum absolute atomic E-state index is 0.0518. The maximum atomic E-state index is 12.5. The predicted octanol–water partition coefficient (Wildman–Crippen LogP) is 2.69. The van der Waals surface area contributed by atoms with Crippen LogP contribution < -0.4 is 4.74 Å². The van der Waals surface area contributed by atoms with E-state index in [-0.39, 0.29) is 12.5 Å². The summed E-state index contributed by atoms with van der Waals surface area (Å²) in [6, 6.07) is 5.39. The number of carbonyl (C=O) groups excluding carboxylic acids is 1. The lowest BCUT2D eigenvalue weighted by Crippen LogP contribution is -2.40. The third-order valence-corrected chi connectivity index (χ3v) is 4.36. The van der Waals surface area contributed by atoms with E-state index in [9.17, 15) is 4.79 Å². The number of benzene rings is 1. The summed E-state index contributed by atoms with van der Waals surface area (Å²) in [5.41, 5.74) is 0.669. The number of aliphatic hydroxyl groups is 1. The predicted molar refractivity (Wildman–Crippen MR) is 81.0 cm³/mol. The normalized spacial score (nSPS) is 18.9. The summed E-state index contributed by atoms with van der Waals surface area (Å²) >= 11 is 3.41. The molecule has 1 fully saturated rings. The van der Waals surface area contributed by atoms with Gasteiger partial charge in [0.1, 0.15) is 5.75 Å². The first-order valence-electron chi connectivity index (χ1n) is 6.89. The van der Waals surface area contributed by atoms with Crippen molar-refractivity contribution in [2.45, 2.75) is 19.3 Å². The molecule has 110 valence electrons. The van der Waals surface area contributed by atoms with Gasteiger partial charge >= 0.3 is 0 Å². The summed E-state index contributed by atoms with van der Waals surface area (Å²) < 4.78 is 5.96. The first-order chi connectivity index (χ1) is 9.65. The fraction of sp³-hybridized carbons (Fsp3) is 0.533. The number of hydrogen-bond acceptors (Lipinski definition) is 3. The molecule has 1 atom stereocenters. The van der Waals surface area contributed by atoms with Crippen molar-refractivity contribution in [2.24, 2.45) is 5.92 Å². The number of aliphatic hydroxyl groups excluding tert-OH is 1. The van der Waals surface area contributed by atoms with Gasteiger partial charge in [0.05, 0.1) is 11.6 Å². The second kappa shape index (κ2) is 7.09. The molecule has 5 heteroatoms. The van der Waals surface area contributed by atoms with E-state index in [1.807, 2.05) is 4.90 Å². The van der Waals surface area contributed by atoms with Crippen molar-refractivity contribution < 1.29 is 14.6 Å². The largest absolute Gasteiger partial charge is 0.496 e. The van der Waals surface area contributed by atoms with Gasteiger partial charge in [-0.2, -0.15) is 0 Å². The molecule has 20 heavy (non-hydrogen) atoms. The zero-order valence-electron chi connectivity index (χ0n) is 11.6. The van der Waals surface area contributed by atoms with E-state index in [0.717, 1.165) is 42.6 Å². The van der Waals surface area contributed by atoms with Crippen LogP contribution in [0.3, 0.4) is 0 Å². The van der Waals surface area contributed by atoms with Gasteiger partial charge < -0.3 is 14.7 Å². The van der Waals surface area contributed by atoms with E-state index in [1.165, 1.54) is 0 Å². The molecule has 1 aromatic carbocycles. The first-order valence-corrected chi connectivity index (χ1v) is 7.68. The molecule has 1 aliphatic heterocycles. The minimum atomic E-state index is 0.0518. The Hall–Kier alpha value is -1.07. The van der Waals surface area contributed by atoms with E-state index >= 15 is 0 Å². The van der Waals surface area contributed by atoms with Gasteiger partial charge in [-0.15, -0.1) is 0 Å². The van der Waals surface area contributed by atoms with Crippen molar-refractivity contribution in [3.8, 4) is 5.75 Å². The Morgan fingerprint density at radius 2 is 2.35 bits per heavy atom. The monoisotopic (exact) mass is 341 g/mol. The average Bonchev–Trinajstić information content (AvgIpc) is 2.47. The number of amides is 1. The Labute approximate surface area is 127 Å². The smallest absolute Gasteiger partial charge is 0.253 e. The van der Waals surface area contributed by atoms with Crippen molar-refractivity contribution in [1.29, 1.82) is 0 Å². The number of methoxy groups -OCH3 is 1. The fourth-order valence-corrected chi connectivity index (χ4v) is 3.19.